The van der Waals surface area contributed by atoms with Crippen LogP contribution in [0.25, 0.3) is 11.3 Å². The molecule has 2 aromatic carbocycles. The smallest absolute Gasteiger partial charge is 0.261 e. The van der Waals surface area contributed by atoms with E-state index in [4.69, 9.17) is 10.5 Å². The highest BCUT2D eigenvalue weighted by Crippen LogP contribution is 2.31. The number of carbonyl (C=O) groups excluding carboxylic acids is 1. The number of primary amides is 1. The van der Waals surface area contributed by atoms with Crippen molar-refractivity contribution in [3.8, 4) is 22.8 Å². The maximum atomic E-state index is 11.9. The number of pyridine rings is 1. The van der Waals surface area contributed by atoms with Gasteiger partial charge in [-0.2, -0.15) is 0 Å². The number of H-pyrrole nitrogens is 1. The summed E-state index contributed by atoms with van der Waals surface area (Å²) in [6.45, 7) is 0. The van der Waals surface area contributed by atoms with Crippen molar-refractivity contribution in [1.82, 2.24) is 4.98 Å². The molecule has 3 rings (SSSR count). The summed E-state index contributed by atoms with van der Waals surface area (Å²) in [6, 6.07) is 19.7. The van der Waals surface area contributed by atoms with E-state index in [0.717, 1.165) is 0 Å². The molecule has 0 bridgehead atoms. The molecule has 0 saturated carbocycles. The first-order chi connectivity index (χ1) is 11.1. The molecule has 0 spiro atoms. The van der Waals surface area contributed by atoms with Crippen LogP contribution >= 0.6 is 0 Å². The summed E-state index contributed by atoms with van der Waals surface area (Å²) >= 11 is 0. The molecule has 23 heavy (non-hydrogen) atoms. The quantitative estimate of drug-likeness (QED) is 0.777. The van der Waals surface area contributed by atoms with Crippen LogP contribution in [0.5, 0.6) is 11.5 Å². The predicted molar refractivity (Wildman–Crippen MR) is 87.5 cm³/mol. The van der Waals surface area contributed by atoms with Crippen molar-refractivity contribution in [2.45, 2.75) is 0 Å². The summed E-state index contributed by atoms with van der Waals surface area (Å²) < 4.78 is 5.87. The molecule has 0 atom stereocenters. The van der Waals surface area contributed by atoms with E-state index in [-0.39, 0.29) is 5.56 Å². The number of carbonyl (C=O) groups is 1. The van der Waals surface area contributed by atoms with E-state index in [1.807, 2.05) is 54.6 Å². The van der Waals surface area contributed by atoms with Gasteiger partial charge in [-0.15, -0.1) is 0 Å². The minimum absolute atomic E-state index is 0.0739. The molecular formula is C18H14N2O3. The zero-order valence-electron chi connectivity index (χ0n) is 12.2. The maximum absolute atomic E-state index is 11.9. The third kappa shape index (κ3) is 3.13. The van der Waals surface area contributed by atoms with Crippen LogP contribution in [-0.4, -0.2) is 10.9 Å². The molecular weight excluding hydrogens is 292 g/mol. The summed E-state index contributed by atoms with van der Waals surface area (Å²) in [6.07, 6.45) is 0. The SMILES string of the molecule is NC(=O)c1ccc(-c2ccccc2Oc2ccccc2)[nH]c1=O. The average molecular weight is 306 g/mol. The third-order valence-electron chi connectivity index (χ3n) is 3.32. The molecule has 0 saturated heterocycles. The standard InChI is InChI=1S/C18H14N2O3/c19-17(21)14-10-11-15(20-18(14)22)13-8-4-5-9-16(13)23-12-6-2-1-3-7-12/h1-11H,(H2,19,21)(H,20,22). The van der Waals surface area contributed by atoms with Gasteiger partial charge in [-0.05, 0) is 36.4 Å². The van der Waals surface area contributed by atoms with Crippen molar-refractivity contribution in [3.05, 3.63) is 82.6 Å². The Balaban J connectivity index is 2.02. The summed E-state index contributed by atoms with van der Waals surface area (Å²) in [5.41, 5.74) is 5.81. The molecule has 0 unspecified atom stereocenters. The Kier molecular flexibility index (Phi) is 3.93. The molecule has 3 N–H and O–H groups in total. The molecule has 1 heterocycles. The largest absolute Gasteiger partial charge is 0.457 e. The lowest BCUT2D eigenvalue weighted by molar-refractivity contribution is 0.0999. The first-order valence-corrected chi connectivity index (χ1v) is 7.00. The number of nitrogens with two attached hydrogens (primary N) is 1. The summed E-state index contributed by atoms with van der Waals surface area (Å²) in [7, 11) is 0. The summed E-state index contributed by atoms with van der Waals surface area (Å²) in [5, 5.41) is 0. The molecule has 114 valence electrons. The van der Waals surface area contributed by atoms with Gasteiger partial charge in [-0.1, -0.05) is 30.3 Å². The second-order valence-corrected chi connectivity index (χ2v) is 4.89. The number of hydrogen-bond donors (Lipinski definition) is 2. The number of nitrogens with one attached hydrogen (secondary N) is 1. The van der Waals surface area contributed by atoms with Gasteiger partial charge in [0.05, 0.1) is 5.69 Å². The fourth-order valence-electron chi connectivity index (χ4n) is 2.22. The van der Waals surface area contributed by atoms with Crippen LogP contribution < -0.4 is 16.0 Å². The fraction of sp³-hybridized carbons (Fsp3) is 0. The van der Waals surface area contributed by atoms with Crippen molar-refractivity contribution in [1.29, 1.82) is 0 Å². The Morgan fingerprint density at radius 2 is 1.61 bits per heavy atom. The van der Waals surface area contributed by atoms with Crippen LogP contribution in [0.15, 0.2) is 71.5 Å². The van der Waals surface area contributed by atoms with Gasteiger partial charge in [0.1, 0.15) is 17.1 Å². The van der Waals surface area contributed by atoms with Gasteiger partial charge in [-0.3, -0.25) is 9.59 Å². The molecule has 5 nitrogen and oxygen atoms in total. The Labute approximate surface area is 132 Å². The van der Waals surface area contributed by atoms with Crippen molar-refractivity contribution >= 4 is 5.91 Å². The van der Waals surface area contributed by atoms with E-state index in [2.05, 4.69) is 4.98 Å². The topological polar surface area (TPSA) is 85.2 Å². The number of amides is 1. The summed E-state index contributed by atoms with van der Waals surface area (Å²) in [4.78, 5) is 25.7. The first-order valence-electron chi connectivity index (χ1n) is 7.00. The highest BCUT2D eigenvalue weighted by Gasteiger charge is 2.11. The molecule has 0 aliphatic carbocycles. The van der Waals surface area contributed by atoms with Gasteiger partial charge in [0.15, 0.2) is 0 Å². The van der Waals surface area contributed by atoms with Gasteiger partial charge in [-0.25, -0.2) is 0 Å². The zero-order valence-corrected chi connectivity index (χ0v) is 12.2. The number of ether oxygens (including phenoxy) is 1. The van der Waals surface area contributed by atoms with E-state index < -0.39 is 11.5 Å². The Hall–Kier alpha value is -3.34. The van der Waals surface area contributed by atoms with Gasteiger partial charge in [0.2, 0.25) is 0 Å². The van der Waals surface area contributed by atoms with E-state index >= 15 is 0 Å². The normalized spacial score (nSPS) is 10.3. The van der Waals surface area contributed by atoms with Gasteiger partial charge < -0.3 is 15.5 Å². The first kappa shape index (κ1) is 14.6. The van der Waals surface area contributed by atoms with Crippen LogP contribution in [0.1, 0.15) is 10.4 Å². The van der Waals surface area contributed by atoms with E-state index in [1.165, 1.54) is 6.07 Å². The lowest BCUT2D eigenvalue weighted by atomic mass is 10.1. The molecule has 0 aliphatic heterocycles. The predicted octanol–water partition coefficient (Wildman–Crippen LogP) is 2.93. The monoisotopic (exact) mass is 306 g/mol. The van der Waals surface area contributed by atoms with Crippen LogP contribution in [0, 0.1) is 0 Å². The minimum Gasteiger partial charge on any atom is -0.457 e. The van der Waals surface area contributed by atoms with Crippen LogP contribution in [-0.2, 0) is 0 Å². The highest BCUT2D eigenvalue weighted by atomic mass is 16.5. The van der Waals surface area contributed by atoms with Crippen molar-refractivity contribution in [3.63, 3.8) is 0 Å². The Morgan fingerprint density at radius 1 is 0.913 bits per heavy atom. The molecule has 0 aliphatic rings. The number of aromatic amines is 1. The fourth-order valence-corrected chi connectivity index (χ4v) is 2.22. The van der Waals surface area contributed by atoms with Crippen molar-refractivity contribution in [2.75, 3.05) is 0 Å². The molecule has 3 aromatic rings. The van der Waals surface area contributed by atoms with E-state index in [1.54, 1.807) is 6.07 Å². The number of benzene rings is 2. The molecule has 5 heteroatoms. The van der Waals surface area contributed by atoms with Gasteiger partial charge in [0, 0.05) is 5.56 Å². The van der Waals surface area contributed by atoms with Crippen molar-refractivity contribution in [2.24, 2.45) is 5.73 Å². The molecule has 1 aromatic heterocycles. The maximum Gasteiger partial charge on any atom is 0.261 e. The number of para-hydroxylation sites is 2. The van der Waals surface area contributed by atoms with Crippen LogP contribution in [0.2, 0.25) is 0 Å². The Morgan fingerprint density at radius 3 is 2.30 bits per heavy atom. The average Bonchev–Trinajstić information content (AvgIpc) is 2.56. The molecule has 0 fully saturated rings. The number of rotatable bonds is 4. The van der Waals surface area contributed by atoms with E-state index in [0.29, 0.717) is 22.8 Å². The summed E-state index contributed by atoms with van der Waals surface area (Å²) in [5.74, 6) is 0.531. The molecule has 0 radical (unpaired) electrons. The van der Waals surface area contributed by atoms with Gasteiger partial charge >= 0.3 is 0 Å². The zero-order chi connectivity index (χ0) is 16.2. The van der Waals surface area contributed by atoms with Crippen molar-refractivity contribution < 1.29 is 9.53 Å². The number of hydrogen-bond acceptors (Lipinski definition) is 3. The lowest BCUT2D eigenvalue weighted by Gasteiger charge is -2.11. The second kappa shape index (κ2) is 6.19. The minimum atomic E-state index is -0.758. The highest BCUT2D eigenvalue weighted by molar-refractivity contribution is 5.92. The van der Waals surface area contributed by atoms with Gasteiger partial charge in [0.25, 0.3) is 11.5 Å². The van der Waals surface area contributed by atoms with E-state index in [9.17, 15) is 9.59 Å². The van der Waals surface area contributed by atoms with Crippen LogP contribution in [0.4, 0.5) is 0 Å². The third-order valence-corrected chi connectivity index (χ3v) is 3.32. The Bertz CT molecular complexity index is 901. The number of aromatic nitrogens is 1. The lowest BCUT2D eigenvalue weighted by Crippen LogP contribution is -2.23. The second-order valence-electron chi connectivity index (χ2n) is 4.89. The molecule has 1 amide bonds. The van der Waals surface area contributed by atoms with Crippen LogP contribution in [0.3, 0.4) is 0 Å².